The molecule has 0 aliphatic rings. The van der Waals surface area contributed by atoms with E-state index in [9.17, 15) is 5.11 Å². The molecule has 0 amide bonds. The van der Waals surface area contributed by atoms with E-state index in [1.165, 1.54) is 16.5 Å². The van der Waals surface area contributed by atoms with Gasteiger partial charge in [0.15, 0.2) is 0 Å². The van der Waals surface area contributed by atoms with E-state index in [1.54, 1.807) is 6.92 Å². The van der Waals surface area contributed by atoms with Crippen molar-refractivity contribution in [2.45, 2.75) is 26.0 Å². The number of aliphatic hydroxyl groups is 1. The van der Waals surface area contributed by atoms with Crippen molar-refractivity contribution >= 4 is 23.3 Å². The molecule has 4 rings (SSSR count). The Labute approximate surface area is 171 Å². The normalized spacial score (nSPS) is 12.1. The Hall–Kier alpha value is -2.53. The molecule has 0 saturated heterocycles. The van der Waals surface area contributed by atoms with E-state index in [4.69, 9.17) is 4.42 Å². The van der Waals surface area contributed by atoms with Crippen LogP contribution in [0.25, 0.3) is 22.2 Å². The fourth-order valence-electron chi connectivity index (χ4n) is 3.33. The number of para-hydroxylation sites is 1. The van der Waals surface area contributed by atoms with Gasteiger partial charge in [0.05, 0.1) is 12.6 Å². The molecule has 5 heteroatoms. The number of benzene rings is 2. The molecule has 2 aromatic carbocycles. The third kappa shape index (κ3) is 4.47. The molecule has 0 aliphatic carbocycles. The summed E-state index contributed by atoms with van der Waals surface area (Å²) in [6.07, 6.45) is 2.61. The summed E-state index contributed by atoms with van der Waals surface area (Å²) in [4.78, 5) is 3.32. The van der Waals surface area contributed by atoms with Gasteiger partial charge in [0.2, 0.25) is 0 Å². The molecule has 146 valence electrons. The highest BCUT2D eigenvalue weighted by atomic mass is 35.5. The second kappa shape index (κ2) is 9.11. The van der Waals surface area contributed by atoms with Gasteiger partial charge in [-0.15, -0.1) is 12.4 Å². The first-order chi connectivity index (χ1) is 13.2. The Balaban J connectivity index is 0.00000225. The molecule has 0 spiro atoms. The standard InChI is InChI=1S/C23H24N2O2.ClH/c1-16(26)17-6-8-18(9-7-17)23-11-10-20(27-23)15-24-13-12-19-14-25-22-5-3-2-4-21(19)22;/h2-11,14,16,24-26H,12-13,15H2,1H3;1H. The maximum absolute atomic E-state index is 9.60. The number of aliphatic hydroxyl groups excluding tert-OH is 1. The van der Waals surface area contributed by atoms with Crippen LogP contribution in [0.5, 0.6) is 0 Å². The van der Waals surface area contributed by atoms with E-state index in [-0.39, 0.29) is 12.4 Å². The van der Waals surface area contributed by atoms with Gasteiger partial charge in [0.25, 0.3) is 0 Å². The second-order valence-electron chi connectivity index (χ2n) is 6.85. The Morgan fingerprint density at radius 1 is 1.04 bits per heavy atom. The van der Waals surface area contributed by atoms with Crippen molar-refractivity contribution in [3.05, 3.63) is 83.7 Å². The summed E-state index contributed by atoms with van der Waals surface area (Å²) < 4.78 is 5.95. The number of halogens is 1. The predicted octanol–water partition coefficient (Wildman–Crippen LogP) is 5.24. The molecule has 4 aromatic rings. The molecule has 2 aromatic heterocycles. The van der Waals surface area contributed by atoms with Crippen molar-refractivity contribution in [2.24, 2.45) is 0 Å². The molecule has 0 fully saturated rings. The van der Waals surface area contributed by atoms with Crippen LogP contribution >= 0.6 is 12.4 Å². The Morgan fingerprint density at radius 2 is 1.82 bits per heavy atom. The van der Waals surface area contributed by atoms with Gasteiger partial charge in [-0.3, -0.25) is 0 Å². The maximum atomic E-state index is 9.60. The molecule has 0 aliphatic heterocycles. The van der Waals surface area contributed by atoms with Crippen molar-refractivity contribution < 1.29 is 9.52 Å². The fourth-order valence-corrected chi connectivity index (χ4v) is 3.33. The molecule has 0 saturated carbocycles. The lowest BCUT2D eigenvalue weighted by atomic mass is 10.1. The second-order valence-corrected chi connectivity index (χ2v) is 6.85. The number of hydrogen-bond acceptors (Lipinski definition) is 3. The van der Waals surface area contributed by atoms with Gasteiger partial charge in [-0.2, -0.15) is 0 Å². The minimum Gasteiger partial charge on any atom is -0.460 e. The smallest absolute Gasteiger partial charge is 0.134 e. The number of furan rings is 1. The largest absolute Gasteiger partial charge is 0.460 e. The van der Waals surface area contributed by atoms with Gasteiger partial charge >= 0.3 is 0 Å². The summed E-state index contributed by atoms with van der Waals surface area (Å²) >= 11 is 0. The minimum absolute atomic E-state index is 0. The zero-order valence-electron chi connectivity index (χ0n) is 15.8. The Morgan fingerprint density at radius 3 is 2.61 bits per heavy atom. The minimum atomic E-state index is -0.451. The van der Waals surface area contributed by atoms with Gasteiger partial charge in [-0.25, -0.2) is 0 Å². The number of H-pyrrole nitrogens is 1. The van der Waals surface area contributed by atoms with E-state index < -0.39 is 6.10 Å². The van der Waals surface area contributed by atoms with Gasteiger partial charge in [0, 0.05) is 22.7 Å². The topological polar surface area (TPSA) is 61.2 Å². The molecule has 0 bridgehead atoms. The van der Waals surface area contributed by atoms with Gasteiger partial charge < -0.3 is 19.8 Å². The summed E-state index contributed by atoms with van der Waals surface area (Å²) in [7, 11) is 0. The summed E-state index contributed by atoms with van der Waals surface area (Å²) in [5.41, 5.74) is 4.44. The third-order valence-corrected chi connectivity index (χ3v) is 4.88. The monoisotopic (exact) mass is 396 g/mol. The van der Waals surface area contributed by atoms with Crippen molar-refractivity contribution in [1.82, 2.24) is 10.3 Å². The first kappa shape index (κ1) is 20.2. The van der Waals surface area contributed by atoms with Crippen LogP contribution < -0.4 is 5.32 Å². The van der Waals surface area contributed by atoms with E-state index in [1.807, 2.05) is 42.5 Å². The SMILES string of the molecule is CC(O)c1ccc(-c2ccc(CNCCc3c[nH]c4ccccc34)o2)cc1.Cl. The van der Waals surface area contributed by atoms with Crippen LogP contribution in [0.3, 0.4) is 0 Å². The summed E-state index contributed by atoms with van der Waals surface area (Å²) in [6, 6.07) is 20.2. The number of hydrogen-bond donors (Lipinski definition) is 3. The Kier molecular flexibility index (Phi) is 6.57. The lowest BCUT2D eigenvalue weighted by Crippen LogP contribution is -2.16. The first-order valence-electron chi connectivity index (χ1n) is 9.33. The summed E-state index contributed by atoms with van der Waals surface area (Å²) in [5, 5.41) is 14.3. The number of aromatic nitrogens is 1. The van der Waals surface area contributed by atoms with Gasteiger partial charge in [-0.05, 0) is 49.2 Å². The highest BCUT2D eigenvalue weighted by Gasteiger charge is 2.07. The average Bonchev–Trinajstić information content (AvgIpc) is 3.33. The number of aromatic amines is 1. The highest BCUT2D eigenvalue weighted by Crippen LogP contribution is 2.24. The fraction of sp³-hybridized carbons (Fsp3) is 0.217. The number of fused-ring (bicyclic) bond motifs is 1. The average molecular weight is 397 g/mol. The van der Waals surface area contributed by atoms with Crippen LogP contribution in [-0.4, -0.2) is 16.6 Å². The predicted molar refractivity (Wildman–Crippen MR) is 116 cm³/mol. The van der Waals surface area contributed by atoms with Gasteiger partial charge in [-0.1, -0.05) is 42.5 Å². The van der Waals surface area contributed by atoms with Crippen LogP contribution in [0.15, 0.2) is 71.3 Å². The van der Waals surface area contributed by atoms with Crippen molar-refractivity contribution in [1.29, 1.82) is 0 Å². The molecular weight excluding hydrogens is 372 g/mol. The molecular formula is C23H25ClN2O2. The zero-order valence-corrected chi connectivity index (χ0v) is 16.6. The van der Waals surface area contributed by atoms with E-state index in [0.717, 1.165) is 35.6 Å². The first-order valence-corrected chi connectivity index (χ1v) is 9.33. The van der Waals surface area contributed by atoms with Gasteiger partial charge in [0.1, 0.15) is 11.5 Å². The molecule has 1 atom stereocenters. The van der Waals surface area contributed by atoms with Crippen molar-refractivity contribution in [3.63, 3.8) is 0 Å². The van der Waals surface area contributed by atoms with Crippen LogP contribution in [0.2, 0.25) is 0 Å². The molecule has 4 nitrogen and oxygen atoms in total. The maximum Gasteiger partial charge on any atom is 0.134 e. The summed E-state index contributed by atoms with van der Waals surface area (Å²) in [5.74, 6) is 1.77. The molecule has 28 heavy (non-hydrogen) atoms. The molecule has 3 N–H and O–H groups in total. The van der Waals surface area contributed by atoms with Crippen LogP contribution in [0, 0.1) is 0 Å². The summed E-state index contributed by atoms with van der Waals surface area (Å²) in [6.45, 7) is 3.36. The zero-order chi connectivity index (χ0) is 18.6. The van der Waals surface area contributed by atoms with Crippen molar-refractivity contribution in [3.8, 4) is 11.3 Å². The van der Waals surface area contributed by atoms with Crippen molar-refractivity contribution in [2.75, 3.05) is 6.54 Å². The number of nitrogens with one attached hydrogen (secondary N) is 2. The molecule has 0 radical (unpaired) electrons. The van der Waals surface area contributed by atoms with E-state index >= 15 is 0 Å². The molecule has 2 heterocycles. The lowest BCUT2D eigenvalue weighted by molar-refractivity contribution is 0.199. The van der Waals surface area contributed by atoms with Crippen LogP contribution in [0.1, 0.15) is 29.9 Å². The molecule has 1 unspecified atom stereocenters. The van der Waals surface area contributed by atoms with Crippen LogP contribution in [-0.2, 0) is 13.0 Å². The number of rotatable bonds is 7. The van der Waals surface area contributed by atoms with E-state index in [0.29, 0.717) is 6.54 Å². The quantitative estimate of drug-likeness (QED) is 0.374. The van der Waals surface area contributed by atoms with E-state index in [2.05, 4.69) is 34.7 Å². The lowest BCUT2D eigenvalue weighted by Gasteiger charge is -2.05. The highest BCUT2D eigenvalue weighted by molar-refractivity contribution is 5.85. The third-order valence-electron chi connectivity index (χ3n) is 4.88. The Bertz CT molecular complexity index is 1020. The van der Waals surface area contributed by atoms with Crippen LogP contribution in [0.4, 0.5) is 0 Å².